The maximum absolute atomic E-state index is 14.9. The third-order valence-electron chi connectivity index (χ3n) is 5.12. The molecule has 2 rings (SSSR count). The third-order valence-corrected chi connectivity index (χ3v) is 7.03. The Morgan fingerprint density at radius 1 is 1.00 bits per heavy atom. The molecule has 1 N–H and O–H groups in total. The van der Waals surface area contributed by atoms with E-state index in [4.69, 9.17) is 23.2 Å². The van der Waals surface area contributed by atoms with Gasteiger partial charge in [0.25, 0.3) is 5.91 Å². The van der Waals surface area contributed by atoms with E-state index in [0.29, 0.717) is 12.1 Å². The molecule has 0 saturated carbocycles. The number of benzene rings is 2. The lowest BCUT2D eigenvalue weighted by Crippen LogP contribution is -2.42. The molecule has 0 aliphatic rings. The zero-order valence-corrected chi connectivity index (χ0v) is 22.7. The summed E-state index contributed by atoms with van der Waals surface area (Å²) in [7, 11) is 0.747. The lowest BCUT2D eigenvalue weighted by Gasteiger charge is -2.20. The van der Waals surface area contributed by atoms with Gasteiger partial charge in [-0.15, -0.1) is 0 Å². The van der Waals surface area contributed by atoms with Crippen LogP contribution in [0.2, 0.25) is 10.0 Å². The number of halogens is 13. The molecule has 0 heterocycles. The van der Waals surface area contributed by atoms with Gasteiger partial charge in [0.15, 0.2) is 0 Å². The van der Waals surface area contributed by atoms with Crippen molar-refractivity contribution in [3.63, 3.8) is 0 Å². The van der Waals surface area contributed by atoms with Gasteiger partial charge in [0.1, 0.15) is 18.3 Å². The second-order valence-electron chi connectivity index (χ2n) is 8.14. The molecule has 40 heavy (non-hydrogen) atoms. The molecule has 220 valence electrons. The van der Waals surface area contributed by atoms with Crippen LogP contribution in [-0.2, 0) is 11.0 Å². The average molecular weight is 692 g/mol. The number of hydrogen-bond donors (Lipinski definition) is 1. The van der Waals surface area contributed by atoms with E-state index in [9.17, 15) is 53.5 Å². The van der Waals surface area contributed by atoms with Gasteiger partial charge in [-0.3, -0.25) is 9.59 Å². The summed E-state index contributed by atoms with van der Waals surface area (Å²) in [6.45, 7) is -2.79. The van der Waals surface area contributed by atoms with Crippen LogP contribution in [0.15, 0.2) is 40.9 Å². The van der Waals surface area contributed by atoms with Crippen LogP contribution in [0.5, 0.6) is 0 Å². The van der Waals surface area contributed by atoms with Crippen LogP contribution in [-0.4, -0.2) is 49.2 Å². The molecule has 1 unspecified atom stereocenters. The van der Waals surface area contributed by atoms with Gasteiger partial charge >= 0.3 is 18.5 Å². The molecule has 0 fully saturated rings. The lowest BCUT2D eigenvalue weighted by atomic mass is 9.95. The summed E-state index contributed by atoms with van der Waals surface area (Å²) in [5.41, 5.74) is -4.53. The first-order valence-electron chi connectivity index (χ1n) is 10.5. The monoisotopic (exact) mass is 690 g/mol. The molecule has 17 heteroatoms. The molecule has 2 aromatic carbocycles. The predicted octanol–water partition coefficient (Wildman–Crippen LogP) is 8.18. The van der Waals surface area contributed by atoms with Crippen molar-refractivity contribution >= 4 is 56.8 Å². The normalized spacial score (nSPS) is 13.7. The fourth-order valence-electron chi connectivity index (χ4n) is 3.25. The first-order valence-corrected chi connectivity index (χ1v) is 12.1. The van der Waals surface area contributed by atoms with Crippen molar-refractivity contribution in [2.24, 2.45) is 0 Å². The van der Waals surface area contributed by atoms with E-state index < -0.39 is 77.4 Å². The van der Waals surface area contributed by atoms with E-state index in [1.54, 1.807) is 5.32 Å². The van der Waals surface area contributed by atoms with Crippen LogP contribution in [0.4, 0.5) is 43.9 Å². The number of nitrogens with zero attached hydrogens (tertiary/aromatic N) is 1. The Hall–Kier alpha value is -2.52. The number of likely N-dealkylation sites (N-methyl/N-ethyl adjacent to an activating group) is 1. The van der Waals surface area contributed by atoms with Crippen molar-refractivity contribution in [1.29, 1.82) is 0 Å². The topological polar surface area (TPSA) is 49.4 Å². The van der Waals surface area contributed by atoms with Crippen LogP contribution in [0.1, 0.15) is 33.0 Å². The van der Waals surface area contributed by atoms with Crippen molar-refractivity contribution in [1.82, 2.24) is 10.2 Å². The van der Waals surface area contributed by atoms with Crippen molar-refractivity contribution < 1.29 is 53.5 Å². The van der Waals surface area contributed by atoms with Crippen LogP contribution >= 0.6 is 39.1 Å². The van der Waals surface area contributed by atoms with Gasteiger partial charge in [-0.05, 0) is 51.8 Å². The van der Waals surface area contributed by atoms with Crippen LogP contribution in [0.25, 0.3) is 5.83 Å². The number of hydrogen-bond acceptors (Lipinski definition) is 2. The van der Waals surface area contributed by atoms with E-state index in [0.717, 1.165) is 19.2 Å². The Kier molecular flexibility index (Phi) is 10.6. The maximum Gasteiger partial charge on any atom is 0.417 e. The van der Waals surface area contributed by atoms with Crippen LogP contribution in [0.3, 0.4) is 0 Å². The highest BCUT2D eigenvalue weighted by atomic mass is 79.9. The summed E-state index contributed by atoms with van der Waals surface area (Å²) in [5, 5.41) is 1.24. The molecule has 2 amide bonds. The summed E-state index contributed by atoms with van der Waals surface area (Å²) in [5.74, 6) is -7.26. The van der Waals surface area contributed by atoms with Crippen molar-refractivity contribution in [3.05, 3.63) is 73.2 Å². The molecule has 4 nitrogen and oxygen atoms in total. The number of nitrogens with one attached hydrogen (secondary N) is 1. The smallest absolute Gasteiger partial charge is 0.343 e. The summed E-state index contributed by atoms with van der Waals surface area (Å²) < 4.78 is 134. The van der Waals surface area contributed by atoms with E-state index in [-0.39, 0.29) is 31.6 Å². The number of amides is 2. The van der Waals surface area contributed by atoms with Gasteiger partial charge in [-0.1, -0.05) is 29.3 Å². The van der Waals surface area contributed by atoms with E-state index in [2.05, 4.69) is 15.9 Å². The number of carbonyl (C=O) groups excluding carboxylic acids is 2. The van der Waals surface area contributed by atoms with Crippen molar-refractivity contribution in [2.75, 3.05) is 20.1 Å². The van der Waals surface area contributed by atoms with Gasteiger partial charge in [-0.2, -0.15) is 39.5 Å². The maximum atomic E-state index is 14.9. The first-order chi connectivity index (χ1) is 18.1. The Balaban J connectivity index is 2.42. The molecular formula is C23H15BrCl2F10N2O2. The number of carbonyl (C=O) groups is 2. The molecule has 0 aromatic heterocycles. The third kappa shape index (κ3) is 8.99. The summed E-state index contributed by atoms with van der Waals surface area (Å²) in [6.07, 6.45) is -15.2. The standard InChI is InChI=1S/C23H15BrCl2F10N2O2/c1-38(9-21(28,29)30)18(39)8-37-20(40)12-3-2-10(4-14(12)23(34,35)36)17(27)7-13(22(31,32)33)11-5-15(25)19(24)16(26)6-11/h2-7,13H,8-9H2,1H3,(H,37,40)/b17-7-. The zero-order valence-electron chi connectivity index (χ0n) is 19.6. The molecule has 0 saturated heterocycles. The number of alkyl halides is 9. The van der Waals surface area contributed by atoms with Gasteiger partial charge < -0.3 is 10.2 Å². The van der Waals surface area contributed by atoms with Crippen LogP contribution in [0, 0.1) is 0 Å². The number of rotatable bonds is 7. The Labute approximate surface area is 238 Å². The molecular weight excluding hydrogens is 677 g/mol. The lowest BCUT2D eigenvalue weighted by molar-refractivity contribution is -0.157. The first kappa shape index (κ1) is 33.7. The minimum atomic E-state index is -5.32. The van der Waals surface area contributed by atoms with Crippen molar-refractivity contribution in [3.8, 4) is 0 Å². The fraction of sp³-hybridized carbons (Fsp3) is 0.304. The average Bonchev–Trinajstić information content (AvgIpc) is 2.80. The SMILES string of the molecule is CN(CC(F)(F)F)C(=O)CNC(=O)c1ccc(/C(F)=C/C(c2cc(Cl)c(Br)c(Cl)c2)C(F)(F)F)cc1C(F)(F)F. The minimum Gasteiger partial charge on any atom is -0.343 e. The predicted molar refractivity (Wildman–Crippen MR) is 130 cm³/mol. The van der Waals surface area contributed by atoms with Crippen LogP contribution < -0.4 is 5.32 Å². The van der Waals surface area contributed by atoms with E-state index >= 15 is 0 Å². The molecule has 0 aliphatic carbocycles. The number of allylic oxidation sites excluding steroid dienone is 1. The summed E-state index contributed by atoms with van der Waals surface area (Å²) in [4.78, 5) is 24.2. The Morgan fingerprint density at radius 3 is 2.02 bits per heavy atom. The highest BCUT2D eigenvalue weighted by molar-refractivity contribution is 9.10. The molecule has 0 spiro atoms. The second kappa shape index (κ2) is 12.6. The summed E-state index contributed by atoms with van der Waals surface area (Å²) >= 11 is 14.6. The fourth-order valence-corrected chi connectivity index (χ4v) is 3.98. The van der Waals surface area contributed by atoms with Crippen molar-refractivity contribution in [2.45, 2.75) is 24.4 Å². The van der Waals surface area contributed by atoms with E-state index in [1.807, 2.05) is 0 Å². The second-order valence-corrected chi connectivity index (χ2v) is 9.75. The highest BCUT2D eigenvalue weighted by Gasteiger charge is 2.41. The Bertz CT molecular complexity index is 1290. The largest absolute Gasteiger partial charge is 0.417 e. The molecule has 0 aliphatic heterocycles. The molecule has 2 aromatic rings. The van der Waals surface area contributed by atoms with Gasteiger partial charge in [0.2, 0.25) is 5.91 Å². The van der Waals surface area contributed by atoms with Gasteiger partial charge in [0, 0.05) is 12.6 Å². The molecule has 0 bridgehead atoms. The Morgan fingerprint density at radius 2 is 1.55 bits per heavy atom. The minimum absolute atomic E-state index is 0.000278. The molecule has 1 atom stereocenters. The molecule has 0 radical (unpaired) electrons. The van der Waals surface area contributed by atoms with Gasteiger partial charge in [0.05, 0.1) is 32.2 Å². The van der Waals surface area contributed by atoms with Gasteiger partial charge in [-0.25, -0.2) is 4.39 Å². The highest BCUT2D eigenvalue weighted by Crippen LogP contribution is 2.43. The zero-order chi connectivity index (χ0) is 30.8. The van der Waals surface area contributed by atoms with E-state index in [1.165, 1.54) is 0 Å². The summed E-state index contributed by atoms with van der Waals surface area (Å²) in [6, 6.07) is 2.78. The quantitative estimate of drug-likeness (QED) is 0.235.